The maximum atomic E-state index is 13.0. The first-order valence-electron chi connectivity index (χ1n) is 9.18. The van der Waals surface area contributed by atoms with E-state index >= 15 is 0 Å². The van der Waals surface area contributed by atoms with Crippen molar-refractivity contribution in [2.45, 2.75) is 6.18 Å². The van der Waals surface area contributed by atoms with E-state index in [4.69, 9.17) is 0 Å². The lowest BCUT2D eigenvalue weighted by Gasteiger charge is -2.18. The number of urea groups is 1. The van der Waals surface area contributed by atoms with Crippen molar-refractivity contribution in [1.29, 1.82) is 0 Å². The van der Waals surface area contributed by atoms with Gasteiger partial charge in [-0.05, 0) is 54.1 Å². The molecule has 4 aromatic rings. The van der Waals surface area contributed by atoms with Crippen molar-refractivity contribution < 1.29 is 22.4 Å². The van der Waals surface area contributed by atoms with Crippen molar-refractivity contribution in [2.24, 2.45) is 0 Å². The second-order valence-corrected chi connectivity index (χ2v) is 6.84. The Hall–Kier alpha value is -3.88. The normalized spacial score (nSPS) is 11.5. The molecule has 0 saturated heterocycles. The smallest absolute Gasteiger partial charge is 0.308 e. The third-order valence-electron chi connectivity index (χ3n) is 4.82. The quantitative estimate of drug-likeness (QED) is 0.418. The molecule has 2 amide bonds. The molecule has 0 spiro atoms. The number of carbonyl (C=O) groups excluding carboxylic acids is 1. The maximum Gasteiger partial charge on any atom is 0.416 e. The number of pyridine rings is 1. The minimum absolute atomic E-state index is 0.409. The molecule has 0 aliphatic rings. The van der Waals surface area contributed by atoms with Gasteiger partial charge in [0.1, 0.15) is 5.82 Å². The van der Waals surface area contributed by atoms with Crippen LogP contribution >= 0.6 is 0 Å². The number of rotatable bonds is 3. The van der Waals surface area contributed by atoms with Gasteiger partial charge in [0.15, 0.2) is 0 Å². The highest BCUT2D eigenvalue weighted by atomic mass is 19.4. The molecule has 0 radical (unpaired) electrons. The zero-order valence-electron chi connectivity index (χ0n) is 16.2. The third-order valence-corrected chi connectivity index (χ3v) is 4.82. The Bertz CT molecular complexity index is 1230. The van der Waals surface area contributed by atoms with Gasteiger partial charge in [-0.1, -0.05) is 12.1 Å². The van der Waals surface area contributed by atoms with E-state index in [9.17, 15) is 22.4 Å². The summed E-state index contributed by atoms with van der Waals surface area (Å²) in [5.74, 6) is -0.409. The summed E-state index contributed by atoms with van der Waals surface area (Å²) >= 11 is 0. The maximum absolute atomic E-state index is 13.0. The average molecular weight is 428 g/mol. The number of hydrogen-bond donors (Lipinski definition) is 1. The summed E-state index contributed by atoms with van der Waals surface area (Å²) in [5, 5.41) is 6.89. The van der Waals surface area contributed by atoms with Crippen LogP contribution in [0.2, 0.25) is 0 Å². The van der Waals surface area contributed by atoms with Gasteiger partial charge in [0, 0.05) is 30.2 Å². The molecule has 0 aliphatic heterocycles. The molecule has 0 unspecified atom stereocenters. The van der Waals surface area contributed by atoms with Crippen LogP contribution in [-0.4, -0.2) is 22.7 Å². The standard InChI is InChI=1S/C22H16F4N4O/c1-29(21(31)28-17-8-6-16(23)7-9-17)18-10-11-30-20(12-18)19(13-27-30)14-2-4-15(5-3-14)22(24,25)26/h2-13H,1H3,(H,28,31). The number of aromatic nitrogens is 2. The van der Waals surface area contributed by atoms with E-state index in [1.54, 1.807) is 36.1 Å². The average Bonchev–Trinajstić information content (AvgIpc) is 3.17. The minimum atomic E-state index is -4.41. The van der Waals surface area contributed by atoms with E-state index in [1.165, 1.54) is 41.3 Å². The largest absolute Gasteiger partial charge is 0.416 e. The molecule has 4 rings (SSSR count). The summed E-state index contributed by atoms with van der Waals surface area (Å²) in [4.78, 5) is 13.9. The van der Waals surface area contributed by atoms with Crippen LogP contribution in [0.25, 0.3) is 16.6 Å². The van der Waals surface area contributed by atoms with Gasteiger partial charge in [0.25, 0.3) is 0 Å². The first kappa shape index (κ1) is 20.4. The Balaban J connectivity index is 1.61. The zero-order valence-corrected chi connectivity index (χ0v) is 16.2. The van der Waals surface area contributed by atoms with Gasteiger partial charge in [0.05, 0.1) is 17.3 Å². The van der Waals surface area contributed by atoms with Gasteiger partial charge >= 0.3 is 12.2 Å². The Kier molecular flexibility index (Phi) is 5.10. The number of anilines is 2. The fourth-order valence-electron chi connectivity index (χ4n) is 3.10. The van der Waals surface area contributed by atoms with Crippen molar-refractivity contribution in [3.8, 4) is 11.1 Å². The molecule has 9 heteroatoms. The molecule has 2 aromatic heterocycles. The third kappa shape index (κ3) is 4.20. The first-order chi connectivity index (χ1) is 14.7. The number of benzene rings is 2. The molecule has 5 nitrogen and oxygen atoms in total. The Morgan fingerprint density at radius 3 is 2.35 bits per heavy atom. The number of nitrogens with zero attached hydrogens (tertiary/aromatic N) is 3. The fourth-order valence-corrected chi connectivity index (χ4v) is 3.10. The molecule has 0 aliphatic carbocycles. The highest BCUT2D eigenvalue weighted by Crippen LogP contribution is 2.32. The number of amides is 2. The van der Waals surface area contributed by atoms with Gasteiger partial charge in [-0.2, -0.15) is 18.3 Å². The monoisotopic (exact) mass is 428 g/mol. The van der Waals surface area contributed by atoms with Gasteiger partial charge in [-0.3, -0.25) is 4.90 Å². The highest BCUT2D eigenvalue weighted by molar-refractivity contribution is 6.02. The van der Waals surface area contributed by atoms with Crippen LogP contribution in [0.1, 0.15) is 5.56 Å². The number of nitrogens with one attached hydrogen (secondary N) is 1. The van der Waals surface area contributed by atoms with Gasteiger partial charge in [-0.25, -0.2) is 13.7 Å². The zero-order chi connectivity index (χ0) is 22.2. The van der Waals surface area contributed by atoms with Crippen LogP contribution in [0.5, 0.6) is 0 Å². The molecule has 2 aromatic carbocycles. The Labute approximate surface area is 174 Å². The van der Waals surface area contributed by atoms with Gasteiger partial charge in [-0.15, -0.1) is 0 Å². The number of alkyl halides is 3. The van der Waals surface area contributed by atoms with Crippen molar-refractivity contribution in [3.05, 3.63) is 84.4 Å². The number of carbonyl (C=O) groups is 1. The fraction of sp³-hybridized carbons (Fsp3) is 0.0909. The van der Waals surface area contributed by atoms with Crippen LogP contribution in [0.4, 0.5) is 33.7 Å². The molecule has 158 valence electrons. The summed E-state index contributed by atoms with van der Waals surface area (Å²) < 4.78 is 53.1. The van der Waals surface area contributed by atoms with Crippen LogP contribution in [0.15, 0.2) is 73.1 Å². The SMILES string of the molecule is CN(C(=O)Nc1ccc(F)cc1)c1ccn2ncc(-c3ccc(C(F)(F)F)cc3)c2c1. The summed E-state index contributed by atoms with van der Waals surface area (Å²) in [5.41, 5.74) is 2.07. The van der Waals surface area contributed by atoms with Gasteiger partial charge < -0.3 is 5.32 Å². The lowest BCUT2D eigenvalue weighted by Crippen LogP contribution is -2.31. The molecule has 0 bridgehead atoms. The molecule has 31 heavy (non-hydrogen) atoms. The molecular weight excluding hydrogens is 412 g/mol. The van der Waals surface area contributed by atoms with E-state index in [2.05, 4.69) is 10.4 Å². The van der Waals surface area contributed by atoms with E-state index in [0.717, 1.165) is 12.1 Å². The highest BCUT2D eigenvalue weighted by Gasteiger charge is 2.30. The lowest BCUT2D eigenvalue weighted by atomic mass is 10.0. The molecule has 0 atom stereocenters. The second-order valence-electron chi connectivity index (χ2n) is 6.84. The molecule has 1 N–H and O–H groups in total. The van der Waals surface area contributed by atoms with Crippen molar-refractivity contribution in [3.63, 3.8) is 0 Å². The second kappa shape index (κ2) is 7.75. The number of hydrogen-bond acceptors (Lipinski definition) is 2. The predicted molar refractivity (Wildman–Crippen MR) is 109 cm³/mol. The van der Waals surface area contributed by atoms with Crippen LogP contribution in [-0.2, 0) is 6.18 Å². The van der Waals surface area contributed by atoms with E-state index in [1.807, 2.05) is 0 Å². The Morgan fingerprint density at radius 1 is 1.03 bits per heavy atom. The van der Waals surface area contributed by atoms with Crippen molar-refractivity contribution >= 4 is 22.9 Å². The summed E-state index contributed by atoms with van der Waals surface area (Å²) in [6.45, 7) is 0. The topological polar surface area (TPSA) is 49.6 Å². The Morgan fingerprint density at radius 2 is 1.71 bits per heavy atom. The van der Waals surface area contributed by atoms with Gasteiger partial charge in [0.2, 0.25) is 0 Å². The lowest BCUT2D eigenvalue weighted by molar-refractivity contribution is -0.137. The van der Waals surface area contributed by atoms with Crippen LogP contribution in [0.3, 0.4) is 0 Å². The van der Waals surface area contributed by atoms with E-state index in [-0.39, 0.29) is 0 Å². The van der Waals surface area contributed by atoms with Crippen molar-refractivity contribution in [1.82, 2.24) is 9.61 Å². The molecule has 0 saturated carbocycles. The summed E-state index contributed by atoms with van der Waals surface area (Å²) in [7, 11) is 1.57. The molecule has 2 heterocycles. The van der Waals surface area contributed by atoms with Crippen LogP contribution < -0.4 is 10.2 Å². The molecular formula is C22H16F4N4O. The van der Waals surface area contributed by atoms with Crippen molar-refractivity contribution in [2.75, 3.05) is 17.3 Å². The van der Waals surface area contributed by atoms with Crippen LogP contribution in [0, 0.1) is 5.82 Å². The predicted octanol–water partition coefficient (Wildman–Crippen LogP) is 5.83. The van der Waals surface area contributed by atoms with E-state index < -0.39 is 23.6 Å². The first-order valence-corrected chi connectivity index (χ1v) is 9.18. The number of halogens is 4. The number of fused-ring (bicyclic) bond motifs is 1. The summed E-state index contributed by atoms with van der Waals surface area (Å²) in [6.07, 6.45) is -1.20. The molecule has 0 fully saturated rings. The summed E-state index contributed by atoms with van der Waals surface area (Å²) in [6, 6.07) is 13.1. The van der Waals surface area contributed by atoms with E-state index in [0.29, 0.717) is 28.0 Å². The minimum Gasteiger partial charge on any atom is -0.308 e.